The predicted molar refractivity (Wildman–Crippen MR) is 100 cm³/mol. The molecule has 122 valence electrons. The smallest absolute Gasteiger partial charge is 0.256 e. The maximum Gasteiger partial charge on any atom is 0.256 e. The second kappa shape index (κ2) is 6.42. The first-order valence-electron chi connectivity index (χ1n) is 7.81. The molecule has 2 aromatic heterocycles. The van der Waals surface area contributed by atoms with E-state index in [1.807, 2.05) is 53.2 Å². The Bertz CT molecular complexity index is 1040. The Kier molecular flexibility index (Phi) is 3.96. The molecule has 1 amide bonds. The molecule has 2 aromatic carbocycles. The van der Waals surface area contributed by atoms with Crippen molar-refractivity contribution in [3.8, 4) is 11.3 Å². The molecule has 0 aliphatic rings. The van der Waals surface area contributed by atoms with Gasteiger partial charge in [0.15, 0.2) is 0 Å². The van der Waals surface area contributed by atoms with Crippen molar-refractivity contribution in [2.45, 2.75) is 0 Å². The van der Waals surface area contributed by atoms with Crippen LogP contribution in [0.1, 0.15) is 10.4 Å². The van der Waals surface area contributed by atoms with Crippen molar-refractivity contribution >= 4 is 28.8 Å². The first-order valence-corrected chi connectivity index (χ1v) is 8.18. The van der Waals surface area contributed by atoms with E-state index in [2.05, 4.69) is 10.3 Å². The van der Waals surface area contributed by atoms with E-state index in [1.165, 1.54) is 0 Å². The van der Waals surface area contributed by atoms with Crippen LogP contribution < -0.4 is 5.32 Å². The molecule has 4 aromatic rings. The zero-order valence-electron chi connectivity index (χ0n) is 13.2. The van der Waals surface area contributed by atoms with Gasteiger partial charge < -0.3 is 9.72 Å². The highest BCUT2D eigenvalue weighted by Crippen LogP contribution is 2.25. The van der Waals surface area contributed by atoms with E-state index in [1.54, 1.807) is 30.3 Å². The Hall–Kier alpha value is -3.11. The average Bonchev–Trinajstić information content (AvgIpc) is 3.06. The summed E-state index contributed by atoms with van der Waals surface area (Å²) in [7, 11) is 0. The summed E-state index contributed by atoms with van der Waals surface area (Å²) in [4.78, 5) is 17.4. The molecule has 0 spiro atoms. The number of pyridine rings is 1. The zero-order chi connectivity index (χ0) is 17.2. The Balaban J connectivity index is 1.72. The molecule has 1 N–H and O–H groups in total. The number of carbonyl (C=O) groups excluding carboxylic acids is 1. The Morgan fingerprint density at radius 3 is 2.68 bits per heavy atom. The van der Waals surface area contributed by atoms with Gasteiger partial charge in [0.2, 0.25) is 0 Å². The van der Waals surface area contributed by atoms with Gasteiger partial charge in [0.25, 0.3) is 5.91 Å². The van der Waals surface area contributed by atoms with Crippen molar-refractivity contribution in [3.63, 3.8) is 0 Å². The minimum Gasteiger partial charge on any atom is -0.322 e. The number of hydrogen-bond donors (Lipinski definition) is 1. The van der Waals surface area contributed by atoms with Crippen LogP contribution in [0.15, 0.2) is 79.1 Å². The van der Waals surface area contributed by atoms with Crippen molar-refractivity contribution in [2.75, 3.05) is 5.32 Å². The van der Waals surface area contributed by atoms with Gasteiger partial charge in [-0.25, -0.2) is 4.98 Å². The molecule has 0 aliphatic carbocycles. The Labute approximate surface area is 149 Å². The van der Waals surface area contributed by atoms with Crippen LogP contribution in [-0.2, 0) is 0 Å². The van der Waals surface area contributed by atoms with Gasteiger partial charge in [0, 0.05) is 34.2 Å². The van der Waals surface area contributed by atoms with Crippen LogP contribution in [0.5, 0.6) is 0 Å². The van der Waals surface area contributed by atoms with Gasteiger partial charge in [-0.2, -0.15) is 0 Å². The molecule has 0 bridgehead atoms. The summed E-state index contributed by atoms with van der Waals surface area (Å²) in [5.74, 6) is -0.199. The number of nitrogens with zero attached hydrogens (tertiary/aromatic N) is 2. The monoisotopic (exact) mass is 347 g/mol. The average molecular weight is 348 g/mol. The summed E-state index contributed by atoms with van der Waals surface area (Å²) < 4.78 is 1.93. The third-order valence-electron chi connectivity index (χ3n) is 3.89. The number of imidazole rings is 1. The van der Waals surface area contributed by atoms with E-state index in [0.29, 0.717) is 16.3 Å². The largest absolute Gasteiger partial charge is 0.322 e. The molecule has 0 saturated carbocycles. The summed E-state index contributed by atoms with van der Waals surface area (Å²) in [5.41, 5.74) is 3.59. The van der Waals surface area contributed by atoms with Gasteiger partial charge in [-0.05, 0) is 36.4 Å². The second-order valence-corrected chi connectivity index (χ2v) is 6.04. The normalized spacial score (nSPS) is 10.8. The van der Waals surface area contributed by atoms with Gasteiger partial charge >= 0.3 is 0 Å². The first-order chi connectivity index (χ1) is 12.2. The van der Waals surface area contributed by atoms with E-state index in [-0.39, 0.29) is 5.91 Å². The fourth-order valence-corrected chi connectivity index (χ4v) is 2.92. The number of aromatic nitrogens is 2. The zero-order valence-corrected chi connectivity index (χ0v) is 13.9. The van der Waals surface area contributed by atoms with Gasteiger partial charge in [-0.15, -0.1) is 0 Å². The SMILES string of the molecule is O=C(Nc1cccc(Cl)c1)c1ccccc1-c1cn2ccccc2n1. The van der Waals surface area contributed by atoms with Gasteiger partial charge in [-0.3, -0.25) is 4.79 Å². The molecular weight excluding hydrogens is 334 g/mol. The van der Waals surface area contributed by atoms with Crippen LogP contribution in [0.25, 0.3) is 16.9 Å². The quantitative estimate of drug-likeness (QED) is 0.572. The van der Waals surface area contributed by atoms with E-state index in [4.69, 9.17) is 11.6 Å². The lowest BCUT2D eigenvalue weighted by atomic mass is 10.0. The van der Waals surface area contributed by atoms with Crippen molar-refractivity contribution in [1.82, 2.24) is 9.38 Å². The Morgan fingerprint density at radius 2 is 1.84 bits per heavy atom. The summed E-state index contributed by atoms with van der Waals surface area (Å²) in [6.45, 7) is 0. The van der Waals surface area contributed by atoms with Crippen LogP contribution in [-0.4, -0.2) is 15.3 Å². The fourth-order valence-electron chi connectivity index (χ4n) is 2.73. The van der Waals surface area contributed by atoms with Crippen molar-refractivity contribution in [1.29, 1.82) is 0 Å². The lowest BCUT2D eigenvalue weighted by Crippen LogP contribution is -2.13. The van der Waals surface area contributed by atoms with Crippen LogP contribution in [0.3, 0.4) is 0 Å². The van der Waals surface area contributed by atoms with Crippen LogP contribution in [0.4, 0.5) is 5.69 Å². The minimum atomic E-state index is -0.199. The molecule has 25 heavy (non-hydrogen) atoms. The number of anilines is 1. The maximum atomic E-state index is 12.7. The number of amides is 1. The maximum absolute atomic E-state index is 12.7. The van der Waals surface area contributed by atoms with E-state index >= 15 is 0 Å². The number of fused-ring (bicyclic) bond motifs is 1. The van der Waals surface area contributed by atoms with E-state index in [9.17, 15) is 4.79 Å². The molecule has 0 radical (unpaired) electrons. The topological polar surface area (TPSA) is 46.4 Å². The number of rotatable bonds is 3. The van der Waals surface area contributed by atoms with Crippen LogP contribution in [0, 0.1) is 0 Å². The third-order valence-corrected chi connectivity index (χ3v) is 4.13. The molecular formula is C20H14ClN3O. The summed E-state index contributed by atoms with van der Waals surface area (Å²) in [5, 5.41) is 3.46. The van der Waals surface area contributed by atoms with Crippen molar-refractivity contribution in [2.24, 2.45) is 0 Å². The second-order valence-electron chi connectivity index (χ2n) is 5.60. The molecule has 0 aliphatic heterocycles. The molecule has 2 heterocycles. The van der Waals surface area contributed by atoms with Crippen LogP contribution >= 0.6 is 11.6 Å². The predicted octanol–water partition coefficient (Wildman–Crippen LogP) is 4.91. The molecule has 4 rings (SSSR count). The van der Waals surface area contributed by atoms with Crippen molar-refractivity contribution < 1.29 is 4.79 Å². The highest BCUT2D eigenvalue weighted by molar-refractivity contribution is 6.31. The highest BCUT2D eigenvalue weighted by Gasteiger charge is 2.15. The third kappa shape index (κ3) is 3.12. The lowest BCUT2D eigenvalue weighted by Gasteiger charge is -2.09. The van der Waals surface area contributed by atoms with Gasteiger partial charge in [0.1, 0.15) is 5.65 Å². The number of nitrogens with one attached hydrogen (secondary N) is 1. The van der Waals surface area contributed by atoms with E-state index in [0.717, 1.165) is 16.9 Å². The lowest BCUT2D eigenvalue weighted by molar-refractivity contribution is 0.102. The number of halogens is 1. The molecule has 0 saturated heterocycles. The molecule has 0 fully saturated rings. The van der Waals surface area contributed by atoms with Crippen LogP contribution in [0.2, 0.25) is 5.02 Å². The molecule has 5 heteroatoms. The van der Waals surface area contributed by atoms with Gasteiger partial charge in [-0.1, -0.05) is 41.9 Å². The molecule has 0 unspecified atom stereocenters. The van der Waals surface area contributed by atoms with E-state index < -0.39 is 0 Å². The standard InChI is InChI=1S/C20H14ClN3O/c21-14-6-5-7-15(12-14)22-20(25)17-9-2-1-8-16(17)18-13-24-11-4-3-10-19(24)23-18/h1-13H,(H,22,25). The number of benzene rings is 2. The number of hydrogen-bond acceptors (Lipinski definition) is 2. The summed E-state index contributed by atoms with van der Waals surface area (Å²) >= 11 is 5.98. The van der Waals surface area contributed by atoms with Crippen molar-refractivity contribution in [3.05, 3.63) is 89.7 Å². The molecule has 0 atom stereocenters. The number of carbonyl (C=O) groups is 1. The summed E-state index contributed by atoms with van der Waals surface area (Å²) in [6, 6.07) is 20.3. The van der Waals surface area contributed by atoms with Gasteiger partial charge in [0.05, 0.1) is 5.69 Å². The fraction of sp³-hybridized carbons (Fsp3) is 0. The Morgan fingerprint density at radius 1 is 1.00 bits per heavy atom. The first kappa shape index (κ1) is 15.4. The summed E-state index contributed by atoms with van der Waals surface area (Å²) in [6.07, 6.45) is 3.85. The highest BCUT2D eigenvalue weighted by atomic mass is 35.5. The minimum absolute atomic E-state index is 0.199. The molecule has 4 nitrogen and oxygen atoms in total.